The number of ether oxygens (including phenoxy) is 1. The van der Waals surface area contributed by atoms with Gasteiger partial charge in [0, 0.05) is 10.0 Å². The number of benzene rings is 1. The summed E-state index contributed by atoms with van der Waals surface area (Å²) >= 11 is 11.4. The summed E-state index contributed by atoms with van der Waals surface area (Å²) in [6.45, 7) is 1.97. The van der Waals surface area contributed by atoms with Gasteiger partial charge in [0.1, 0.15) is 12.7 Å². The summed E-state index contributed by atoms with van der Waals surface area (Å²) in [5.74, 6) is -0.523. The van der Waals surface area contributed by atoms with E-state index in [-0.39, 0.29) is 19.6 Å². The highest BCUT2D eigenvalue weighted by Gasteiger charge is 2.30. The zero-order valence-corrected chi connectivity index (χ0v) is 13.7. The summed E-state index contributed by atoms with van der Waals surface area (Å²) in [6.07, 6.45) is -0.927. The van der Waals surface area contributed by atoms with Gasteiger partial charge in [0.15, 0.2) is 0 Å². The number of hydrogen-bond acceptors (Lipinski definition) is 3. The van der Waals surface area contributed by atoms with Gasteiger partial charge in [-0.05, 0) is 24.6 Å². The van der Waals surface area contributed by atoms with Crippen molar-refractivity contribution in [1.29, 1.82) is 0 Å². The molecule has 0 spiro atoms. The molecule has 1 aliphatic heterocycles. The molecule has 1 aliphatic rings. The second-order valence-electron chi connectivity index (χ2n) is 4.63. The van der Waals surface area contributed by atoms with Crippen LogP contribution in [0.2, 0.25) is 10.0 Å². The Kier molecular flexibility index (Phi) is 7.41. The number of carbonyl (C=O) groups excluding carboxylic acids is 2. The third-order valence-electron chi connectivity index (χ3n) is 2.87. The first kappa shape index (κ1) is 18.5. The molecule has 1 heterocycles. The number of alkyl halides is 1. The lowest BCUT2D eigenvalue weighted by Gasteiger charge is -2.33. The molecule has 122 valence electrons. The van der Waals surface area contributed by atoms with Crippen LogP contribution in [-0.2, 0) is 9.53 Å². The smallest absolute Gasteiger partial charge is 0.325 e. The summed E-state index contributed by atoms with van der Waals surface area (Å²) in [6, 6.07) is 5.02. The molecule has 0 atom stereocenters. The van der Waals surface area contributed by atoms with Gasteiger partial charge >= 0.3 is 12.0 Å². The fourth-order valence-corrected chi connectivity index (χ4v) is 1.90. The predicted molar refractivity (Wildman–Crippen MR) is 83.1 cm³/mol. The van der Waals surface area contributed by atoms with Gasteiger partial charge in [-0.3, -0.25) is 4.79 Å². The summed E-state index contributed by atoms with van der Waals surface area (Å²) in [4.78, 5) is 22.9. The zero-order valence-electron chi connectivity index (χ0n) is 12.2. The number of aryl methyl sites for hydroxylation is 1. The van der Waals surface area contributed by atoms with Crippen molar-refractivity contribution in [2.75, 3.05) is 26.7 Å². The van der Waals surface area contributed by atoms with Crippen LogP contribution in [0.15, 0.2) is 18.2 Å². The highest BCUT2D eigenvalue weighted by molar-refractivity contribution is 6.35. The number of amides is 2. The summed E-state index contributed by atoms with van der Waals surface area (Å²) in [7, 11) is 1.23. The van der Waals surface area contributed by atoms with Gasteiger partial charge in [-0.1, -0.05) is 29.3 Å². The average Bonchev–Trinajstić information content (AvgIpc) is 2.46. The fourth-order valence-electron chi connectivity index (χ4n) is 1.49. The van der Waals surface area contributed by atoms with Gasteiger partial charge in [0.2, 0.25) is 0 Å². The number of likely N-dealkylation sites (tertiary alicyclic amines) is 1. The first-order valence-electron chi connectivity index (χ1n) is 6.48. The summed E-state index contributed by atoms with van der Waals surface area (Å²) in [5, 5.41) is 3.71. The molecular formula is C14H17Cl2FN2O3. The average molecular weight is 351 g/mol. The fraction of sp³-hybridized carbons (Fsp3) is 0.429. The molecule has 0 saturated carbocycles. The van der Waals surface area contributed by atoms with E-state index in [4.69, 9.17) is 23.2 Å². The van der Waals surface area contributed by atoms with Crippen LogP contribution in [0.5, 0.6) is 0 Å². The Bertz CT molecular complexity index is 537. The van der Waals surface area contributed by atoms with Crippen molar-refractivity contribution in [3.05, 3.63) is 33.8 Å². The highest BCUT2D eigenvalue weighted by Crippen LogP contribution is 2.19. The van der Waals surface area contributed by atoms with Crippen LogP contribution >= 0.6 is 23.2 Å². The molecule has 5 nitrogen and oxygen atoms in total. The number of carbonyl (C=O) groups is 2. The van der Waals surface area contributed by atoms with Gasteiger partial charge in [0.25, 0.3) is 0 Å². The van der Waals surface area contributed by atoms with E-state index in [0.29, 0.717) is 5.02 Å². The molecular weight excluding hydrogens is 334 g/mol. The lowest BCUT2D eigenvalue weighted by molar-refractivity contribution is -0.139. The topological polar surface area (TPSA) is 58.6 Å². The molecule has 1 aromatic rings. The van der Waals surface area contributed by atoms with Crippen molar-refractivity contribution in [2.24, 2.45) is 0 Å². The Hall–Kier alpha value is -1.53. The number of halogens is 3. The van der Waals surface area contributed by atoms with E-state index in [0.717, 1.165) is 10.6 Å². The quantitative estimate of drug-likeness (QED) is 0.834. The molecule has 1 aromatic carbocycles. The number of urea groups is 1. The minimum absolute atomic E-state index is 0.104. The molecule has 0 bridgehead atoms. The number of hydrogen-bond donors (Lipinski definition) is 1. The maximum Gasteiger partial charge on any atom is 0.325 e. The zero-order chi connectivity index (χ0) is 16.7. The molecule has 1 N–H and O–H groups in total. The minimum atomic E-state index is -0.927. The largest absolute Gasteiger partial charge is 0.468 e. The first-order chi connectivity index (χ1) is 10.3. The van der Waals surface area contributed by atoms with Crippen molar-refractivity contribution in [1.82, 2.24) is 10.2 Å². The second-order valence-corrected chi connectivity index (χ2v) is 5.47. The number of nitrogens with zero attached hydrogens (tertiary/aromatic N) is 1. The first-order valence-corrected chi connectivity index (χ1v) is 7.24. The van der Waals surface area contributed by atoms with E-state index in [1.54, 1.807) is 6.07 Å². The van der Waals surface area contributed by atoms with E-state index >= 15 is 0 Å². The molecule has 1 fully saturated rings. The lowest BCUT2D eigenvalue weighted by atomic mass is 10.2. The SMILES string of the molecule is COC(=O)CNC(=O)N1CC(F)C1.Cc1ccc(Cl)cc1Cl. The third-order valence-corrected chi connectivity index (χ3v) is 3.51. The standard InChI is InChI=1S/C7H6Cl2.C7H11FN2O3/c1-5-2-3-6(8)4-7(5)9;1-13-6(11)2-9-7(12)10-3-5(8)4-10/h2-4H,1H3;5H,2-4H2,1H3,(H,9,12). The summed E-state index contributed by atoms with van der Waals surface area (Å²) < 4.78 is 16.6. The normalized spacial score (nSPS) is 13.6. The van der Waals surface area contributed by atoms with Gasteiger partial charge in [0.05, 0.1) is 20.2 Å². The molecule has 2 amide bonds. The number of nitrogens with one attached hydrogen (secondary N) is 1. The number of rotatable bonds is 2. The Balaban J connectivity index is 0.000000235. The van der Waals surface area contributed by atoms with Crippen molar-refractivity contribution in [3.63, 3.8) is 0 Å². The van der Waals surface area contributed by atoms with Crippen LogP contribution in [0.3, 0.4) is 0 Å². The maximum atomic E-state index is 12.3. The van der Waals surface area contributed by atoms with Crippen LogP contribution in [0.1, 0.15) is 5.56 Å². The van der Waals surface area contributed by atoms with Crippen molar-refractivity contribution < 1.29 is 18.7 Å². The second kappa shape index (κ2) is 8.80. The third kappa shape index (κ3) is 6.07. The van der Waals surface area contributed by atoms with Gasteiger partial charge in [-0.15, -0.1) is 0 Å². The van der Waals surface area contributed by atoms with E-state index in [9.17, 15) is 14.0 Å². The van der Waals surface area contributed by atoms with Crippen LogP contribution in [-0.4, -0.2) is 49.8 Å². The van der Waals surface area contributed by atoms with Gasteiger partial charge in [-0.2, -0.15) is 0 Å². The van der Waals surface area contributed by atoms with Crippen molar-refractivity contribution in [2.45, 2.75) is 13.1 Å². The van der Waals surface area contributed by atoms with E-state index in [2.05, 4.69) is 10.1 Å². The predicted octanol–water partition coefficient (Wildman–Crippen LogP) is 2.82. The maximum absolute atomic E-state index is 12.3. The Morgan fingerprint density at radius 1 is 1.41 bits per heavy atom. The molecule has 1 saturated heterocycles. The van der Waals surface area contributed by atoms with Crippen LogP contribution in [0.25, 0.3) is 0 Å². The number of esters is 1. The molecule has 0 radical (unpaired) electrons. The van der Waals surface area contributed by atoms with Crippen LogP contribution < -0.4 is 5.32 Å². The Morgan fingerprint density at radius 3 is 2.50 bits per heavy atom. The Labute approximate surface area is 138 Å². The number of methoxy groups -OCH3 is 1. The molecule has 0 unspecified atom stereocenters. The molecule has 2 rings (SSSR count). The van der Waals surface area contributed by atoms with E-state index < -0.39 is 18.2 Å². The monoisotopic (exact) mass is 350 g/mol. The summed E-state index contributed by atoms with van der Waals surface area (Å²) in [5.41, 5.74) is 1.06. The van der Waals surface area contributed by atoms with Gasteiger partial charge in [-0.25, -0.2) is 9.18 Å². The van der Waals surface area contributed by atoms with Crippen LogP contribution in [0, 0.1) is 6.92 Å². The van der Waals surface area contributed by atoms with Gasteiger partial charge < -0.3 is 15.0 Å². The van der Waals surface area contributed by atoms with Crippen molar-refractivity contribution >= 4 is 35.2 Å². The van der Waals surface area contributed by atoms with Crippen molar-refractivity contribution in [3.8, 4) is 0 Å². The highest BCUT2D eigenvalue weighted by atomic mass is 35.5. The molecule has 22 heavy (non-hydrogen) atoms. The minimum Gasteiger partial charge on any atom is -0.468 e. The Morgan fingerprint density at radius 2 is 2.05 bits per heavy atom. The van der Waals surface area contributed by atoms with E-state index in [1.165, 1.54) is 12.0 Å². The lowest BCUT2D eigenvalue weighted by Crippen LogP contribution is -2.55. The molecule has 0 aliphatic carbocycles. The molecule has 8 heteroatoms. The molecule has 0 aromatic heterocycles. The van der Waals surface area contributed by atoms with Crippen LogP contribution in [0.4, 0.5) is 9.18 Å². The van der Waals surface area contributed by atoms with E-state index in [1.807, 2.05) is 19.1 Å².